The van der Waals surface area contributed by atoms with E-state index in [0.717, 1.165) is 5.03 Å². The van der Waals surface area contributed by atoms with Crippen molar-refractivity contribution in [1.82, 2.24) is 9.88 Å². The van der Waals surface area contributed by atoms with Crippen molar-refractivity contribution in [3.05, 3.63) is 54.2 Å². The zero-order valence-electron chi connectivity index (χ0n) is 13.4. The smallest absolute Gasteiger partial charge is 0.105 e. The van der Waals surface area contributed by atoms with Gasteiger partial charge in [0.05, 0.1) is 0 Å². The first-order valence-corrected chi connectivity index (χ1v) is 8.97. The maximum absolute atomic E-state index is 4.67. The van der Waals surface area contributed by atoms with Gasteiger partial charge in [0.25, 0.3) is 0 Å². The van der Waals surface area contributed by atoms with Gasteiger partial charge in [-0.2, -0.15) is 0 Å². The number of hydrogen-bond acceptors (Lipinski definition) is 3. The molecule has 0 unspecified atom stereocenters. The predicted octanol–water partition coefficient (Wildman–Crippen LogP) is 5.03. The molecule has 0 aliphatic carbocycles. The van der Waals surface area contributed by atoms with Gasteiger partial charge in [-0.05, 0) is 43.5 Å². The molecule has 3 heteroatoms. The SMILES string of the molecule is CC(C)CN1CCC[C@H]1c1cccnc1Sc1ccccc1. The Morgan fingerprint density at radius 1 is 1.18 bits per heavy atom. The average Bonchev–Trinajstić information content (AvgIpc) is 2.96. The van der Waals surface area contributed by atoms with Gasteiger partial charge in [-0.3, -0.25) is 4.90 Å². The quantitative estimate of drug-likeness (QED) is 0.770. The van der Waals surface area contributed by atoms with Crippen LogP contribution in [0.3, 0.4) is 0 Å². The number of nitrogens with zero attached hydrogens (tertiary/aromatic N) is 2. The van der Waals surface area contributed by atoms with Crippen LogP contribution in [-0.4, -0.2) is 23.0 Å². The van der Waals surface area contributed by atoms with Crippen molar-refractivity contribution < 1.29 is 0 Å². The van der Waals surface area contributed by atoms with Crippen molar-refractivity contribution in [3.8, 4) is 0 Å². The summed E-state index contributed by atoms with van der Waals surface area (Å²) in [6.07, 6.45) is 4.46. The van der Waals surface area contributed by atoms with Crippen LogP contribution in [-0.2, 0) is 0 Å². The number of rotatable bonds is 5. The van der Waals surface area contributed by atoms with Crippen LogP contribution in [0.15, 0.2) is 58.6 Å². The summed E-state index contributed by atoms with van der Waals surface area (Å²) in [5.41, 5.74) is 1.40. The fourth-order valence-corrected chi connectivity index (χ4v) is 4.16. The molecule has 1 aliphatic heterocycles. The van der Waals surface area contributed by atoms with E-state index in [1.165, 1.54) is 36.4 Å². The summed E-state index contributed by atoms with van der Waals surface area (Å²) in [7, 11) is 0. The van der Waals surface area contributed by atoms with Crippen molar-refractivity contribution >= 4 is 11.8 Å². The first kappa shape index (κ1) is 15.6. The van der Waals surface area contributed by atoms with E-state index in [1.807, 2.05) is 6.20 Å². The summed E-state index contributed by atoms with van der Waals surface area (Å²) in [5.74, 6) is 0.711. The molecule has 2 nitrogen and oxygen atoms in total. The molecule has 0 radical (unpaired) electrons. The van der Waals surface area contributed by atoms with Gasteiger partial charge < -0.3 is 0 Å². The molecule has 1 fully saturated rings. The highest BCUT2D eigenvalue weighted by Gasteiger charge is 2.28. The zero-order valence-corrected chi connectivity index (χ0v) is 14.2. The highest BCUT2D eigenvalue weighted by Crippen LogP contribution is 2.38. The van der Waals surface area contributed by atoms with Gasteiger partial charge in [0, 0.05) is 29.2 Å². The van der Waals surface area contributed by atoms with Crippen molar-refractivity contribution in [2.24, 2.45) is 5.92 Å². The molecule has 2 heterocycles. The van der Waals surface area contributed by atoms with E-state index in [-0.39, 0.29) is 0 Å². The number of aromatic nitrogens is 1. The Labute approximate surface area is 138 Å². The molecule has 116 valence electrons. The molecule has 3 rings (SSSR count). The predicted molar refractivity (Wildman–Crippen MR) is 93.2 cm³/mol. The van der Waals surface area contributed by atoms with Crippen molar-refractivity contribution in [2.45, 2.75) is 42.7 Å². The normalized spacial score (nSPS) is 19.0. The summed E-state index contributed by atoms with van der Waals surface area (Å²) in [5, 5.41) is 1.16. The molecule has 1 aliphatic rings. The van der Waals surface area contributed by atoms with Gasteiger partial charge in [-0.1, -0.05) is 49.9 Å². The third-order valence-corrected chi connectivity index (χ3v) is 5.12. The summed E-state index contributed by atoms with van der Waals surface area (Å²) in [6.45, 7) is 7.00. The Hall–Kier alpha value is -1.32. The molecule has 0 amide bonds. The second-order valence-electron chi connectivity index (χ2n) is 6.36. The Morgan fingerprint density at radius 3 is 2.77 bits per heavy atom. The molecule has 1 aromatic carbocycles. The second kappa shape index (κ2) is 7.30. The third kappa shape index (κ3) is 3.71. The highest BCUT2D eigenvalue weighted by atomic mass is 32.2. The number of likely N-dealkylation sites (tertiary alicyclic amines) is 1. The Bertz CT molecular complexity index is 597. The molecule has 0 saturated carbocycles. The fraction of sp³-hybridized carbons (Fsp3) is 0.421. The standard InChI is InChI=1S/C19H24N2S/c1-15(2)14-21-13-7-11-18(21)17-10-6-12-20-19(17)22-16-8-4-3-5-9-16/h3-6,8-10,12,15,18H,7,11,13-14H2,1-2H3/t18-/m0/s1. The Balaban J connectivity index is 1.84. The Morgan fingerprint density at radius 2 is 2.00 bits per heavy atom. The number of benzene rings is 1. The van der Waals surface area contributed by atoms with Gasteiger partial charge in [0.15, 0.2) is 0 Å². The van der Waals surface area contributed by atoms with Gasteiger partial charge >= 0.3 is 0 Å². The third-order valence-electron chi connectivity index (χ3n) is 4.08. The summed E-state index contributed by atoms with van der Waals surface area (Å²) in [4.78, 5) is 8.56. The lowest BCUT2D eigenvalue weighted by molar-refractivity contribution is 0.226. The van der Waals surface area contributed by atoms with Crippen LogP contribution in [0.2, 0.25) is 0 Å². The van der Waals surface area contributed by atoms with Crippen LogP contribution in [0.4, 0.5) is 0 Å². The maximum Gasteiger partial charge on any atom is 0.105 e. The molecule has 0 spiro atoms. The minimum absolute atomic E-state index is 0.530. The molecule has 1 aromatic heterocycles. The average molecular weight is 312 g/mol. The van der Waals surface area contributed by atoms with Crippen molar-refractivity contribution in [2.75, 3.05) is 13.1 Å². The van der Waals surface area contributed by atoms with Crippen LogP contribution in [0, 0.1) is 5.92 Å². The van der Waals surface area contributed by atoms with Gasteiger partial charge in [0.2, 0.25) is 0 Å². The largest absolute Gasteiger partial charge is 0.296 e. The lowest BCUT2D eigenvalue weighted by atomic mass is 10.1. The van der Waals surface area contributed by atoms with E-state index in [9.17, 15) is 0 Å². The van der Waals surface area contributed by atoms with E-state index in [1.54, 1.807) is 11.8 Å². The van der Waals surface area contributed by atoms with Gasteiger partial charge in [-0.15, -0.1) is 0 Å². The van der Waals surface area contributed by atoms with E-state index in [4.69, 9.17) is 0 Å². The van der Waals surface area contributed by atoms with Crippen LogP contribution in [0.5, 0.6) is 0 Å². The summed E-state index contributed by atoms with van der Waals surface area (Å²) in [6, 6.07) is 15.4. The Kier molecular flexibility index (Phi) is 5.16. The number of hydrogen-bond donors (Lipinski definition) is 0. The maximum atomic E-state index is 4.67. The zero-order chi connectivity index (χ0) is 15.4. The first-order valence-electron chi connectivity index (χ1n) is 8.16. The van der Waals surface area contributed by atoms with Crippen LogP contribution < -0.4 is 0 Å². The minimum atomic E-state index is 0.530. The van der Waals surface area contributed by atoms with Crippen LogP contribution >= 0.6 is 11.8 Å². The number of pyridine rings is 1. The molecule has 2 aromatic rings. The van der Waals surface area contributed by atoms with E-state index < -0.39 is 0 Å². The molecule has 0 N–H and O–H groups in total. The molecular weight excluding hydrogens is 288 g/mol. The van der Waals surface area contributed by atoms with Crippen molar-refractivity contribution in [3.63, 3.8) is 0 Å². The lowest BCUT2D eigenvalue weighted by Crippen LogP contribution is -2.27. The summed E-state index contributed by atoms with van der Waals surface area (Å²) >= 11 is 1.78. The van der Waals surface area contributed by atoms with Crippen LogP contribution in [0.25, 0.3) is 0 Å². The second-order valence-corrected chi connectivity index (χ2v) is 7.42. The van der Waals surface area contributed by atoms with Crippen molar-refractivity contribution in [1.29, 1.82) is 0 Å². The van der Waals surface area contributed by atoms with Crippen LogP contribution in [0.1, 0.15) is 38.3 Å². The molecule has 0 bridgehead atoms. The monoisotopic (exact) mass is 312 g/mol. The van der Waals surface area contributed by atoms with Gasteiger partial charge in [-0.25, -0.2) is 4.98 Å². The molecule has 1 atom stereocenters. The van der Waals surface area contributed by atoms with E-state index in [2.05, 4.69) is 66.2 Å². The van der Waals surface area contributed by atoms with E-state index in [0.29, 0.717) is 12.0 Å². The minimum Gasteiger partial charge on any atom is -0.296 e. The van der Waals surface area contributed by atoms with E-state index >= 15 is 0 Å². The molecule has 1 saturated heterocycles. The topological polar surface area (TPSA) is 16.1 Å². The summed E-state index contributed by atoms with van der Waals surface area (Å²) < 4.78 is 0. The lowest BCUT2D eigenvalue weighted by Gasteiger charge is -2.27. The molecular formula is C19H24N2S. The molecule has 22 heavy (non-hydrogen) atoms. The fourth-order valence-electron chi connectivity index (χ4n) is 3.21. The van der Waals surface area contributed by atoms with Gasteiger partial charge in [0.1, 0.15) is 5.03 Å². The first-order chi connectivity index (χ1) is 10.7. The highest BCUT2D eigenvalue weighted by molar-refractivity contribution is 7.99.